The second-order valence-electron chi connectivity index (χ2n) is 9.65. The highest BCUT2D eigenvalue weighted by molar-refractivity contribution is 9.10. The Balaban J connectivity index is 1.54. The summed E-state index contributed by atoms with van der Waals surface area (Å²) in [4.78, 5) is 18.8. The fourth-order valence-corrected chi connectivity index (χ4v) is 4.93. The number of hydrogen-bond acceptors (Lipinski definition) is 8. The van der Waals surface area contributed by atoms with Crippen LogP contribution in [0.4, 0.5) is 0 Å². The van der Waals surface area contributed by atoms with Crippen molar-refractivity contribution in [3.05, 3.63) is 101 Å². The number of carbonyl (C=O) groups is 1. The van der Waals surface area contributed by atoms with Crippen molar-refractivity contribution in [3.8, 4) is 17.2 Å². The van der Waals surface area contributed by atoms with Gasteiger partial charge in [0.25, 0.3) is 5.91 Å². The van der Waals surface area contributed by atoms with Crippen LogP contribution in [0.25, 0.3) is 0 Å². The maximum absolute atomic E-state index is 13.9. The van der Waals surface area contributed by atoms with Crippen molar-refractivity contribution >= 4 is 27.7 Å². The summed E-state index contributed by atoms with van der Waals surface area (Å²) in [6.45, 7) is 4.88. The van der Waals surface area contributed by atoms with Gasteiger partial charge in [0.1, 0.15) is 5.75 Å². The minimum Gasteiger partial charge on any atom is -0.494 e. The molecule has 0 radical (unpaired) electrons. The lowest BCUT2D eigenvalue weighted by Crippen LogP contribution is -2.52. The zero-order valence-electron chi connectivity index (χ0n) is 23.8. The summed E-state index contributed by atoms with van der Waals surface area (Å²) in [6.07, 6.45) is 2.44. The summed E-state index contributed by atoms with van der Waals surface area (Å²) >= 11 is 3.48. The molecule has 1 aliphatic rings. The van der Waals surface area contributed by atoms with Crippen LogP contribution in [-0.4, -0.2) is 56.4 Å². The Labute approximate surface area is 254 Å². The lowest BCUT2D eigenvalue weighted by atomic mass is 9.84. The number of benzene rings is 3. The summed E-state index contributed by atoms with van der Waals surface area (Å²) in [5.74, 6) is 2.00. The second-order valence-corrected chi connectivity index (χ2v) is 10.6. The van der Waals surface area contributed by atoms with Crippen molar-refractivity contribution in [2.45, 2.75) is 30.9 Å². The SMILES string of the molecule is C=CC[C@]1(C(=O)NNCCc2ccc(OC)c(OC)c2)N=C(c2ccc(OCCCO)cc2)O[C@H]1c1ccc(Br)cc1. The van der Waals surface area contributed by atoms with Crippen LogP contribution < -0.4 is 25.1 Å². The number of ether oxygens (including phenoxy) is 4. The fraction of sp³-hybridized carbons (Fsp3) is 0.312. The highest BCUT2D eigenvalue weighted by Gasteiger charge is 2.52. The predicted molar refractivity (Wildman–Crippen MR) is 165 cm³/mol. The highest BCUT2D eigenvalue weighted by atomic mass is 79.9. The number of nitrogens with zero attached hydrogens (tertiary/aromatic N) is 1. The van der Waals surface area contributed by atoms with Crippen molar-refractivity contribution in [2.75, 3.05) is 34.0 Å². The molecule has 4 rings (SSSR count). The Morgan fingerprint density at radius 1 is 1.10 bits per heavy atom. The van der Waals surface area contributed by atoms with Crippen LogP contribution in [0.3, 0.4) is 0 Å². The minimum absolute atomic E-state index is 0.0682. The molecule has 0 saturated heterocycles. The standard InChI is InChI=1S/C32H36BrN3O6/c1-4-17-32(31(38)36-34-18-16-22-6-15-27(39-2)28(21-22)40-3)29(23-7-11-25(33)12-8-23)42-30(35-32)24-9-13-26(14-10-24)41-20-5-19-37/h4,6-15,21,29,34,37H,1,5,16-20H2,2-3H3,(H,36,38)/t29-,32-/m0/s1. The Hall–Kier alpha value is -3.86. The summed E-state index contributed by atoms with van der Waals surface area (Å²) in [6, 6.07) is 20.7. The van der Waals surface area contributed by atoms with E-state index in [1.807, 2.05) is 66.7 Å². The summed E-state index contributed by atoms with van der Waals surface area (Å²) < 4.78 is 23.7. The van der Waals surface area contributed by atoms with E-state index >= 15 is 0 Å². The molecule has 1 amide bonds. The van der Waals surface area contributed by atoms with Gasteiger partial charge in [0.2, 0.25) is 5.90 Å². The van der Waals surface area contributed by atoms with E-state index in [0.29, 0.717) is 54.7 Å². The van der Waals surface area contributed by atoms with Crippen molar-refractivity contribution < 1.29 is 28.8 Å². The van der Waals surface area contributed by atoms with Gasteiger partial charge in [-0.15, -0.1) is 6.58 Å². The average molecular weight is 639 g/mol. The topological polar surface area (TPSA) is 111 Å². The zero-order chi connectivity index (χ0) is 30.0. The molecule has 222 valence electrons. The summed E-state index contributed by atoms with van der Waals surface area (Å²) in [5, 5.41) is 8.99. The number of amides is 1. The maximum Gasteiger partial charge on any atom is 0.266 e. The number of hydrazine groups is 1. The molecule has 0 aliphatic carbocycles. The van der Waals surface area contributed by atoms with E-state index in [1.165, 1.54) is 0 Å². The van der Waals surface area contributed by atoms with Gasteiger partial charge in [-0.2, -0.15) is 0 Å². The van der Waals surface area contributed by atoms with Crippen molar-refractivity contribution in [1.29, 1.82) is 0 Å². The molecule has 1 heterocycles. The molecule has 3 N–H and O–H groups in total. The Bertz CT molecular complexity index is 1380. The third kappa shape index (κ3) is 7.31. The van der Waals surface area contributed by atoms with Crippen LogP contribution in [0.5, 0.6) is 17.2 Å². The quantitative estimate of drug-likeness (QED) is 0.123. The van der Waals surface area contributed by atoms with E-state index in [4.69, 9.17) is 29.0 Å². The van der Waals surface area contributed by atoms with Gasteiger partial charge in [0.15, 0.2) is 23.1 Å². The first-order chi connectivity index (χ1) is 20.4. The van der Waals surface area contributed by atoms with Crippen LogP contribution in [0.15, 0.2) is 88.9 Å². The van der Waals surface area contributed by atoms with Crippen molar-refractivity contribution in [2.24, 2.45) is 4.99 Å². The molecule has 3 aromatic rings. The van der Waals surface area contributed by atoms with Gasteiger partial charge in [0.05, 0.1) is 20.8 Å². The zero-order valence-corrected chi connectivity index (χ0v) is 25.4. The molecule has 0 unspecified atom stereocenters. The maximum atomic E-state index is 13.9. The second kappa shape index (κ2) is 14.9. The Morgan fingerprint density at radius 2 is 1.83 bits per heavy atom. The lowest BCUT2D eigenvalue weighted by Gasteiger charge is -2.29. The van der Waals surface area contributed by atoms with E-state index in [1.54, 1.807) is 20.3 Å². The molecule has 0 bridgehead atoms. The van der Waals surface area contributed by atoms with Crippen LogP contribution in [0.1, 0.15) is 35.6 Å². The summed E-state index contributed by atoms with van der Waals surface area (Å²) in [5.41, 5.74) is 7.17. The first kappa shape index (κ1) is 31.1. The van der Waals surface area contributed by atoms with E-state index in [9.17, 15) is 4.79 Å². The van der Waals surface area contributed by atoms with E-state index < -0.39 is 11.6 Å². The van der Waals surface area contributed by atoms with Gasteiger partial charge in [-0.3, -0.25) is 10.2 Å². The molecule has 3 aromatic carbocycles. The number of methoxy groups -OCH3 is 2. The van der Waals surface area contributed by atoms with E-state index in [0.717, 1.165) is 15.6 Å². The Kier molecular flexibility index (Phi) is 11.0. The predicted octanol–water partition coefficient (Wildman–Crippen LogP) is 4.92. The number of aliphatic hydroxyl groups is 1. The molecule has 1 aliphatic heterocycles. The number of halogens is 1. The van der Waals surface area contributed by atoms with E-state index in [2.05, 4.69) is 33.4 Å². The molecule has 2 atom stereocenters. The normalized spacial score (nSPS) is 17.6. The molecule has 10 heteroatoms. The number of nitrogens with one attached hydrogen (secondary N) is 2. The first-order valence-corrected chi connectivity index (χ1v) is 14.4. The van der Waals surface area contributed by atoms with Gasteiger partial charge >= 0.3 is 0 Å². The Morgan fingerprint density at radius 3 is 2.50 bits per heavy atom. The van der Waals surface area contributed by atoms with Crippen LogP contribution in [0.2, 0.25) is 0 Å². The fourth-order valence-electron chi connectivity index (χ4n) is 4.67. The third-order valence-electron chi connectivity index (χ3n) is 6.85. The van der Waals surface area contributed by atoms with Gasteiger partial charge in [0, 0.05) is 36.0 Å². The van der Waals surface area contributed by atoms with Gasteiger partial charge < -0.3 is 24.1 Å². The molecule has 42 heavy (non-hydrogen) atoms. The monoisotopic (exact) mass is 637 g/mol. The molecule has 0 spiro atoms. The van der Waals surface area contributed by atoms with Gasteiger partial charge in [-0.05, 0) is 66.1 Å². The average Bonchev–Trinajstić information content (AvgIpc) is 3.40. The van der Waals surface area contributed by atoms with E-state index in [-0.39, 0.29) is 18.9 Å². The number of aliphatic hydroxyl groups excluding tert-OH is 1. The third-order valence-corrected chi connectivity index (χ3v) is 7.38. The van der Waals surface area contributed by atoms with Crippen LogP contribution in [-0.2, 0) is 16.0 Å². The van der Waals surface area contributed by atoms with Crippen LogP contribution >= 0.6 is 15.9 Å². The number of hydrogen-bond donors (Lipinski definition) is 3. The number of rotatable bonds is 15. The van der Waals surface area contributed by atoms with Gasteiger partial charge in [-0.1, -0.05) is 40.2 Å². The van der Waals surface area contributed by atoms with Crippen molar-refractivity contribution in [3.63, 3.8) is 0 Å². The molecule has 9 nitrogen and oxygen atoms in total. The first-order valence-electron chi connectivity index (χ1n) is 13.6. The molecule has 0 fully saturated rings. The molecular formula is C32H36BrN3O6. The largest absolute Gasteiger partial charge is 0.494 e. The van der Waals surface area contributed by atoms with Crippen molar-refractivity contribution in [1.82, 2.24) is 10.9 Å². The lowest BCUT2D eigenvalue weighted by molar-refractivity contribution is -0.129. The molecule has 0 saturated carbocycles. The highest BCUT2D eigenvalue weighted by Crippen LogP contribution is 2.43. The number of carbonyl (C=O) groups excluding carboxylic acids is 1. The number of aliphatic imine (C=N–C) groups is 1. The smallest absolute Gasteiger partial charge is 0.266 e. The summed E-state index contributed by atoms with van der Waals surface area (Å²) in [7, 11) is 3.20. The minimum atomic E-state index is -1.29. The molecule has 0 aromatic heterocycles. The van der Waals surface area contributed by atoms with Gasteiger partial charge in [-0.25, -0.2) is 10.4 Å². The van der Waals surface area contributed by atoms with Crippen LogP contribution in [0, 0.1) is 0 Å². The molecular weight excluding hydrogens is 602 g/mol.